The second-order valence-electron chi connectivity index (χ2n) is 7.60. The zero-order chi connectivity index (χ0) is 16.0. The van der Waals surface area contributed by atoms with Gasteiger partial charge in [-0.2, -0.15) is 0 Å². The van der Waals surface area contributed by atoms with E-state index in [1.54, 1.807) is 0 Å². The van der Waals surface area contributed by atoms with Gasteiger partial charge in [0.05, 0.1) is 6.61 Å². The predicted molar refractivity (Wildman–Crippen MR) is 94.5 cm³/mol. The third kappa shape index (κ3) is 5.29. The summed E-state index contributed by atoms with van der Waals surface area (Å²) in [5, 5.41) is 15.9. The second kappa shape index (κ2) is 7.98. The highest BCUT2D eigenvalue weighted by atomic mass is 16.3. The fourth-order valence-corrected chi connectivity index (χ4v) is 3.19. The van der Waals surface area contributed by atoms with Crippen molar-refractivity contribution in [1.29, 1.82) is 0 Å². The average molecular weight is 304 g/mol. The Labute approximate surface area is 135 Å². The van der Waals surface area contributed by atoms with E-state index in [9.17, 15) is 0 Å². The van der Waals surface area contributed by atoms with Crippen LogP contribution in [0, 0.1) is 5.92 Å². The first-order chi connectivity index (χ1) is 10.5. The Kier molecular flexibility index (Phi) is 6.27. The van der Waals surface area contributed by atoms with E-state index in [1.807, 2.05) is 0 Å². The molecule has 124 valence electrons. The van der Waals surface area contributed by atoms with Gasteiger partial charge < -0.3 is 15.7 Å². The van der Waals surface area contributed by atoms with Crippen molar-refractivity contribution in [3.05, 3.63) is 29.8 Å². The summed E-state index contributed by atoms with van der Waals surface area (Å²) in [6.07, 6.45) is 5.01. The lowest BCUT2D eigenvalue weighted by atomic mass is 9.85. The van der Waals surface area contributed by atoms with E-state index in [0.717, 1.165) is 19.0 Å². The Morgan fingerprint density at radius 2 is 1.68 bits per heavy atom. The van der Waals surface area contributed by atoms with Crippen molar-refractivity contribution in [1.82, 2.24) is 5.32 Å². The van der Waals surface area contributed by atoms with Crippen molar-refractivity contribution in [2.45, 2.75) is 57.9 Å². The van der Waals surface area contributed by atoms with E-state index >= 15 is 0 Å². The molecule has 1 aliphatic carbocycles. The third-order valence-corrected chi connectivity index (χ3v) is 4.74. The zero-order valence-corrected chi connectivity index (χ0v) is 14.4. The average Bonchev–Trinajstić information content (AvgIpc) is 2.51. The Morgan fingerprint density at radius 3 is 2.23 bits per heavy atom. The van der Waals surface area contributed by atoms with Crippen LogP contribution in [0.4, 0.5) is 5.69 Å². The SMILES string of the molecule is CC(C)(C)c1ccc(NCC2CCC(NCCO)CC2)cc1. The monoisotopic (exact) mass is 304 g/mol. The first kappa shape index (κ1) is 17.3. The highest BCUT2D eigenvalue weighted by Crippen LogP contribution is 2.26. The number of aliphatic hydroxyl groups excluding tert-OH is 1. The second-order valence-corrected chi connectivity index (χ2v) is 7.60. The van der Waals surface area contributed by atoms with Crippen molar-refractivity contribution < 1.29 is 5.11 Å². The highest BCUT2D eigenvalue weighted by molar-refractivity contribution is 5.45. The molecule has 0 unspecified atom stereocenters. The van der Waals surface area contributed by atoms with Crippen LogP contribution in [-0.2, 0) is 5.41 Å². The smallest absolute Gasteiger partial charge is 0.0556 e. The molecule has 2 rings (SSSR count). The van der Waals surface area contributed by atoms with Crippen LogP contribution in [-0.4, -0.2) is 30.8 Å². The first-order valence-corrected chi connectivity index (χ1v) is 8.67. The highest BCUT2D eigenvalue weighted by Gasteiger charge is 2.20. The number of aliphatic hydroxyl groups is 1. The number of nitrogens with one attached hydrogen (secondary N) is 2. The molecular weight excluding hydrogens is 272 g/mol. The summed E-state index contributed by atoms with van der Waals surface area (Å²) in [5.74, 6) is 0.773. The minimum atomic E-state index is 0.221. The summed E-state index contributed by atoms with van der Waals surface area (Å²) in [6, 6.07) is 9.48. The van der Waals surface area contributed by atoms with Gasteiger partial charge in [0.25, 0.3) is 0 Å². The summed E-state index contributed by atoms with van der Waals surface area (Å²) in [6.45, 7) is 8.79. The van der Waals surface area contributed by atoms with E-state index in [4.69, 9.17) is 5.11 Å². The van der Waals surface area contributed by atoms with Gasteiger partial charge in [-0.05, 0) is 54.7 Å². The van der Waals surface area contributed by atoms with Gasteiger partial charge in [-0.25, -0.2) is 0 Å². The summed E-state index contributed by atoms with van der Waals surface area (Å²) < 4.78 is 0. The van der Waals surface area contributed by atoms with Crippen molar-refractivity contribution in [2.75, 3.05) is 25.0 Å². The summed E-state index contributed by atoms with van der Waals surface area (Å²) in [4.78, 5) is 0. The standard InChI is InChI=1S/C19H32N2O/c1-19(2,3)16-6-10-18(11-7-16)21-14-15-4-8-17(9-5-15)20-12-13-22/h6-7,10-11,15,17,20-22H,4-5,8-9,12-14H2,1-3H3. The molecule has 0 heterocycles. The van der Waals surface area contributed by atoms with Crippen LogP contribution < -0.4 is 10.6 Å². The largest absolute Gasteiger partial charge is 0.395 e. The molecule has 0 spiro atoms. The number of hydrogen-bond acceptors (Lipinski definition) is 3. The van der Waals surface area contributed by atoms with Crippen LogP contribution in [0.1, 0.15) is 52.0 Å². The molecule has 3 heteroatoms. The maximum Gasteiger partial charge on any atom is 0.0556 e. The van der Waals surface area contributed by atoms with Crippen LogP contribution >= 0.6 is 0 Å². The third-order valence-electron chi connectivity index (χ3n) is 4.74. The molecule has 1 saturated carbocycles. The minimum Gasteiger partial charge on any atom is -0.395 e. The number of anilines is 1. The Balaban J connectivity index is 1.73. The van der Waals surface area contributed by atoms with Gasteiger partial charge in [0, 0.05) is 24.8 Å². The molecule has 3 nitrogen and oxygen atoms in total. The van der Waals surface area contributed by atoms with Gasteiger partial charge in [0.1, 0.15) is 0 Å². The van der Waals surface area contributed by atoms with Crippen LogP contribution in [0.25, 0.3) is 0 Å². The number of benzene rings is 1. The lowest BCUT2D eigenvalue weighted by Crippen LogP contribution is -2.36. The van der Waals surface area contributed by atoms with Gasteiger partial charge in [-0.3, -0.25) is 0 Å². The van der Waals surface area contributed by atoms with Gasteiger partial charge in [-0.15, -0.1) is 0 Å². The summed E-state index contributed by atoms with van der Waals surface area (Å²) in [7, 11) is 0. The van der Waals surface area contributed by atoms with Crippen LogP contribution in [0.5, 0.6) is 0 Å². The van der Waals surface area contributed by atoms with E-state index < -0.39 is 0 Å². The Hall–Kier alpha value is -1.06. The molecule has 3 N–H and O–H groups in total. The molecule has 0 radical (unpaired) electrons. The molecule has 0 aromatic heterocycles. The van der Waals surface area contributed by atoms with Gasteiger partial charge >= 0.3 is 0 Å². The molecule has 1 fully saturated rings. The molecule has 0 aliphatic heterocycles. The molecule has 1 aromatic rings. The summed E-state index contributed by atoms with van der Waals surface area (Å²) >= 11 is 0. The van der Waals surface area contributed by atoms with E-state index in [1.165, 1.54) is 36.9 Å². The van der Waals surface area contributed by atoms with Crippen LogP contribution in [0.2, 0.25) is 0 Å². The van der Waals surface area contributed by atoms with Crippen molar-refractivity contribution in [2.24, 2.45) is 5.92 Å². The zero-order valence-electron chi connectivity index (χ0n) is 14.4. The molecule has 0 saturated heterocycles. The van der Waals surface area contributed by atoms with Crippen molar-refractivity contribution in [3.63, 3.8) is 0 Å². The fraction of sp³-hybridized carbons (Fsp3) is 0.684. The van der Waals surface area contributed by atoms with Crippen molar-refractivity contribution >= 4 is 5.69 Å². The normalized spacial score (nSPS) is 22.5. The molecule has 0 atom stereocenters. The van der Waals surface area contributed by atoms with Gasteiger partial charge in [0.15, 0.2) is 0 Å². The fourth-order valence-electron chi connectivity index (χ4n) is 3.19. The molecule has 1 aromatic carbocycles. The maximum absolute atomic E-state index is 8.86. The van der Waals surface area contributed by atoms with Gasteiger partial charge in [0.2, 0.25) is 0 Å². The lowest BCUT2D eigenvalue weighted by molar-refractivity contribution is 0.256. The quantitative estimate of drug-likeness (QED) is 0.753. The number of rotatable bonds is 6. The topological polar surface area (TPSA) is 44.3 Å². The van der Waals surface area contributed by atoms with Gasteiger partial charge in [-0.1, -0.05) is 32.9 Å². The van der Waals surface area contributed by atoms with Crippen LogP contribution in [0.3, 0.4) is 0 Å². The lowest BCUT2D eigenvalue weighted by Gasteiger charge is -2.29. The Morgan fingerprint density at radius 1 is 1.05 bits per heavy atom. The molecule has 0 amide bonds. The van der Waals surface area contributed by atoms with E-state index in [2.05, 4.69) is 55.7 Å². The van der Waals surface area contributed by atoms with Crippen molar-refractivity contribution in [3.8, 4) is 0 Å². The molecule has 22 heavy (non-hydrogen) atoms. The number of hydrogen-bond donors (Lipinski definition) is 3. The Bertz CT molecular complexity index is 428. The summed E-state index contributed by atoms with van der Waals surface area (Å²) in [5.41, 5.74) is 2.83. The predicted octanol–water partition coefficient (Wildman–Crippen LogP) is 3.54. The first-order valence-electron chi connectivity index (χ1n) is 8.67. The van der Waals surface area contributed by atoms with E-state index in [-0.39, 0.29) is 12.0 Å². The van der Waals surface area contributed by atoms with Crippen LogP contribution in [0.15, 0.2) is 24.3 Å². The molecule has 1 aliphatic rings. The van der Waals surface area contributed by atoms with E-state index in [0.29, 0.717) is 6.04 Å². The molecule has 0 bridgehead atoms. The molecular formula is C19H32N2O. The maximum atomic E-state index is 8.86. The minimum absolute atomic E-state index is 0.221.